The highest BCUT2D eigenvalue weighted by atomic mass is 32.2. The SMILES string of the molecule is O=C1CCC(=O)N1c1cccc(S(=O)(=O)NCCO)c1. The number of amides is 2. The first-order chi connectivity index (χ1) is 9.45. The zero-order valence-electron chi connectivity index (χ0n) is 10.6. The quantitative estimate of drug-likeness (QED) is 0.721. The molecule has 1 aliphatic heterocycles. The second-order valence-electron chi connectivity index (χ2n) is 4.24. The zero-order chi connectivity index (χ0) is 14.8. The fourth-order valence-corrected chi connectivity index (χ4v) is 2.98. The highest BCUT2D eigenvalue weighted by molar-refractivity contribution is 7.89. The van der Waals surface area contributed by atoms with Crippen LogP contribution in [0.2, 0.25) is 0 Å². The Kier molecular flexibility index (Phi) is 4.17. The summed E-state index contributed by atoms with van der Waals surface area (Å²) >= 11 is 0. The molecule has 7 nitrogen and oxygen atoms in total. The first-order valence-corrected chi connectivity index (χ1v) is 7.50. The molecule has 0 saturated carbocycles. The van der Waals surface area contributed by atoms with Gasteiger partial charge in [0.2, 0.25) is 21.8 Å². The van der Waals surface area contributed by atoms with E-state index in [-0.39, 0.29) is 48.4 Å². The van der Waals surface area contributed by atoms with Crippen molar-refractivity contribution in [3.05, 3.63) is 24.3 Å². The minimum absolute atomic E-state index is 0.0593. The Bertz CT molecular complexity index is 625. The number of nitrogens with one attached hydrogen (secondary N) is 1. The summed E-state index contributed by atoms with van der Waals surface area (Å²) in [6, 6.07) is 5.59. The highest BCUT2D eigenvalue weighted by Gasteiger charge is 2.30. The van der Waals surface area contributed by atoms with E-state index in [4.69, 9.17) is 5.11 Å². The molecule has 2 N–H and O–H groups in total. The summed E-state index contributed by atoms with van der Waals surface area (Å²) in [5.74, 6) is -0.680. The van der Waals surface area contributed by atoms with E-state index in [1.807, 2.05) is 0 Å². The van der Waals surface area contributed by atoms with Crippen LogP contribution in [-0.2, 0) is 19.6 Å². The standard InChI is InChI=1S/C12H14N2O5S/c15-7-6-13-20(18,19)10-3-1-2-9(8-10)14-11(16)4-5-12(14)17/h1-3,8,13,15H,4-7H2. The van der Waals surface area contributed by atoms with Crippen LogP contribution in [0, 0.1) is 0 Å². The molecular formula is C12H14N2O5S. The van der Waals surface area contributed by atoms with Crippen molar-refractivity contribution in [2.24, 2.45) is 0 Å². The minimum Gasteiger partial charge on any atom is -0.395 e. The maximum atomic E-state index is 11.9. The lowest BCUT2D eigenvalue weighted by Gasteiger charge is -2.15. The van der Waals surface area contributed by atoms with Crippen LogP contribution in [0.25, 0.3) is 0 Å². The van der Waals surface area contributed by atoms with Crippen molar-refractivity contribution >= 4 is 27.5 Å². The predicted octanol–water partition coefficient (Wildman–Crippen LogP) is -0.389. The number of aliphatic hydroxyl groups excluding tert-OH is 1. The summed E-state index contributed by atoms with van der Waals surface area (Å²) < 4.78 is 26.0. The maximum absolute atomic E-state index is 11.9. The molecule has 0 bridgehead atoms. The molecule has 0 unspecified atom stereocenters. The maximum Gasteiger partial charge on any atom is 0.240 e. The van der Waals surface area contributed by atoms with Crippen molar-refractivity contribution in [1.29, 1.82) is 0 Å². The molecule has 1 aromatic rings. The van der Waals surface area contributed by atoms with Gasteiger partial charge >= 0.3 is 0 Å². The van der Waals surface area contributed by atoms with Gasteiger partial charge in [-0.3, -0.25) is 14.5 Å². The van der Waals surface area contributed by atoms with Gasteiger partial charge in [0.15, 0.2) is 0 Å². The van der Waals surface area contributed by atoms with E-state index in [1.54, 1.807) is 0 Å². The molecule has 2 amide bonds. The number of carbonyl (C=O) groups excluding carboxylic acids is 2. The van der Waals surface area contributed by atoms with Crippen LogP contribution in [-0.4, -0.2) is 38.5 Å². The van der Waals surface area contributed by atoms with Crippen LogP contribution in [0.15, 0.2) is 29.2 Å². The number of rotatable bonds is 5. The van der Waals surface area contributed by atoms with Crippen molar-refractivity contribution in [2.45, 2.75) is 17.7 Å². The second kappa shape index (κ2) is 5.70. The van der Waals surface area contributed by atoms with E-state index in [0.717, 1.165) is 4.90 Å². The van der Waals surface area contributed by atoms with Crippen LogP contribution in [0.1, 0.15) is 12.8 Å². The van der Waals surface area contributed by atoms with Crippen molar-refractivity contribution in [3.63, 3.8) is 0 Å². The molecule has 0 atom stereocenters. The van der Waals surface area contributed by atoms with Crippen molar-refractivity contribution < 1.29 is 23.1 Å². The lowest BCUT2D eigenvalue weighted by molar-refractivity contribution is -0.121. The Morgan fingerprint density at radius 1 is 1.20 bits per heavy atom. The van der Waals surface area contributed by atoms with Crippen LogP contribution >= 0.6 is 0 Å². The molecule has 1 saturated heterocycles. The third kappa shape index (κ3) is 2.87. The Balaban J connectivity index is 2.33. The fraction of sp³-hybridized carbons (Fsp3) is 0.333. The third-order valence-corrected chi connectivity index (χ3v) is 4.30. The van der Waals surface area contributed by atoms with Gasteiger partial charge in [0.25, 0.3) is 0 Å². The molecule has 0 aliphatic carbocycles. The Morgan fingerprint density at radius 2 is 1.85 bits per heavy atom. The van der Waals surface area contributed by atoms with Crippen molar-refractivity contribution in [1.82, 2.24) is 4.72 Å². The molecule has 108 valence electrons. The largest absolute Gasteiger partial charge is 0.395 e. The molecule has 1 aliphatic rings. The number of benzene rings is 1. The number of nitrogens with zero attached hydrogens (tertiary/aromatic N) is 1. The summed E-state index contributed by atoms with van der Waals surface area (Å²) in [7, 11) is -3.77. The summed E-state index contributed by atoms with van der Waals surface area (Å²) in [6.45, 7) is -0.420. The smallest absolute Gasteiger partial charge is 0.240 e. The van der Waals surface area contributed by atoms with Crippen LogP contribution < -0.4 is 9.62 Å². The zero-order valence-corrected chi connectivity index (χ0v) is 11.4. The third-order valence-electron chi connectivity index (χ3n) is 2.84. The predicted molar refractivity (Wildman–Crippen MR) is 70.4 cm³/mol. The summed E-state index contributed by atoms with van der Waals surface area (Å²) in [5.41, 5.74) is 0.240. The average Bonchev–Trinajstić information content (AvgIpc) is 2.76. The van der Waals surface area contributed by atoms with Crippen LogP contribution in [0.5, 0.6) is 0 Å². The van der Waals surface area contributed by atoms with E-state index < -0.39 is 10.0 Å². The fourth-order valence-electron chi connectivity index (χ4n) is 1.92. The van der Waals surface area contributed by atoms with Crippen molar-refractivity contribution in [2.75, 3.05) is 18.1 Å². The number of carbonyl (C=O) groups is 2. The van der Waals surface area contributed by atoms with Gasteiger partial charge in [-0.1, -0.05) is 6.07 Å². The van der Waals surface area contributed by atoms with Gasteiger partial charge in [-0.2, -0.15) is 0 Å². The molecule has 20 heavy (non-hydrogen) atoms. The van der Waals surface area contributed by atoms with Gasteiger partial charge in [0, 0.05) is 19.4 Å². The lowest BCUT2D eigenvalue weighted by Crippen LogP contribution is -2.30. The molecular weight excluding hydrogens is 284 g/mol. The van der Waals surface area contributed by atoms with E-state index >= 15 is 0 Å². The molecule has 1 fully saturated rings. The highest BCUT2D eigenvalue weighted by Crippen LogP contribution is 2.24. The number of hydrogen-bond donors (Lipinski definition) is 2. The summed E-state index contributed by atoms with van der Waals surface area (Å²) in [6.07, 6.45) is 0.275. The van der Waals surface area contributed by atoms with E-state index in [9.17, 15) is 18.0 Å². The van der Waals surface area contributed by atoms with Gasteiger partial charge in [-0.25, -0.2) is 13.1 Å². The molecule has 0 spiro atoms. The number of hydrogen-bond acceptors (Lipinski definition) is 5. The van der Waals surface area contributed by atoms with Crippen LogP contribution in [0.3, 0.4) is 0 Å². The Morgan fingerprint density at radius 3 is 2.45 bits per heavy atom. The average molecular weight is 298 g/mol. The van der Waals surface area contributed by atoms with Gasteiger partial charge in [0.05, 0.1) is 17.2 Å². The molecule has 2 rings (SSSR count). The number of aliphatic hydroxyl groups is 1. The number of imide groups is 1. The molecule has 0 radical (unpaired) electrons. The van der Waals surface area contributed by atoms with E-state index in [0.29, 0.717) is 0 Å². The van der Waals surface area contributed by atoms with Gasteiger partial charge in [-0.05, 0) is 18.2 Å². The first-order valence-electron chi connectivity index (χ1n) is 6.02. The Hall–Kier alpha value is -1.77. The van der Waals surface area contributed by atoms with Gasteiger partial charge in [0.1, 0.15) is 0 Å². The lowest BCUT2D eigenvalue weighted by atomic mass is 10.3. The first kappa shape index (κ1) is 14.6. The molecule has 1 heterocycles. The molecule has 8 heteroatoms. The van der Waals surface area contributed by atoms with Gasteiger partial charge in [-0.15, -0.1) is 0 Å². The van der Waals surface area contributed by atoms with Crippen LogP contribution in [0.4, 0.5) is 5.69 Å². The molecule has 1 aromatic carbocycles. The normalized spacial score (nSPS) is 15.9. The number of sulfonamides is 1. The summed E-state index contributed by atoms with van der Waals surface area (Å²) in [5, 5.41) is 8.65. The van der Waals surface area contributed by atoms with E-state index in [2.05, 4.69) is 4.72 Å². The molecule has 0 aromatic heterocycles. The second-order valence-corrected chi connectivity index (χ2v) is 6.01. The Labute approximate surface area is 116 Å². The number of anilines is 1. The van der Waals surface area contributed by atoms with Gasteiger partial charge < -0.3 is 5.11 Å². The summed E-state index contributed by atoms with van der Waals surface area (Å²) in [4.78, 5) is 24.2. The van der Waals surface area contributed by atoms with Crippen molar-refractivity contribution in [3.8, 4) is 0 Å². The monoisotopic (exact) mass is 298 g/mol. The topological polar surface area (TPSA) is 104 Å². The minimum atomic E-state index is -3.77. The van der Waals surface area contributed by atoms with E-state index in [1.165, 1.54) is 24.3 Å².